The van der Waals surface area contributed by atoms with E-state index in [0.29, 0.717) is 19.6 Å². The highest BCUT2D eigenvalue weighted by atomic mass is 32.1. The van der Waals surface area contributed by atoms with Crippen LogP contribution in [0.15, 0.2) is 29.6 Å². The molecule has 0 aliphatic carbocycles. The van der Waals surface area contributed by atoms with Crippen molar-refractivity contribution in [2.45, 2.75) is 19.8 Å². The largest absolute Gasteiger partial charge is 0.492 e. The number of carbonyl (C=O) groups is 1. The first-order valence-corrected chi connectivity index (χ1v) is 7.75. The molecule has 2 rings (SSSR count). The van der Waals surface area contributed by atoms with Crippen LogP contribution in [0.3, 0.4) is 0 Å². The smallest absolute Gasteiger partial charge is 0.230 e. The van der Waals surface area contributed by atoms with Gasteiger partial charge in [0.2, 0.25) is 5.91 Å². The lowest BCUT2D eigenvalue weighted by atomic mass is 10.2. The van der Waals surface area contributed by atoms with Gasteiger partial charge in [0.05, 0.1) is 17.1 Å². The Morgan fingerprint density at radius 2 is 2.14 bits per heavy atom. The summed E-state index contributed by atoms with van der Waals surface area (Å²) in [5, 5.41) is 5.83. The molecule has 1 amide bonds. The van der Waals surface area contributed by atoms with Gasteiger partial charge in [0.15, 0.2) is 0 Å². The summed E-state index contributed by atoms with van der Waals surface area (Å²) < 4.78 is 5.38. The number of benzene rings is 1. The average molecular weight is 305 g/mol. The van der Waals surface area contributed by atoms with Crippen molar-refractivity contribution >= 4 is 22.9 Å². The standard InChI is InChI=1S/C15H19N3O2S/c1-2-15-18-12(10-21-15)9-14(19)17-11-3-5-13(6-4-11)20-8-7-16/h3-6,10H,2,7-9,16H2,1H3,(H,17,19). The van der Waals surface area contributed by atoms with Crippen LogP contribution in [0.2, 0.25) is 0 Å². The van der Waals surface area contributed by atoms with Crippen LogP contribution in [-0.4, -0.2) is 24.0 Å². The predicted octanol–water partition coefficient (Wildman–Crippen LogP) is 2.22. The Balaban J connectivity index is 1.87. The number of hydrogen-bond donors (Lipinski definition) is 2. The highest BCUT2D eigenvalue weighted by Crippen LogP contribution is 2.16. The van der Waals surface area contributed by atoms with Crippen molar-refractivity contribution in [3.8, 4) is 5.75 Å². The first-order valence-electron chi connectivity index (χ1n) is 6.87. The summed E-state index contributed by atoms with van der Waals surface area (Å²) >= 11 is 1.59. The minimum Gasteiger partial charge on any atom is -0.492 e. The maximum absolute atomic E-state index is 11.9. The molecule has 0 unspecified atom stereocenters. The topological polar surface area (TPSA) is 77.2 Å². The zero-order valence-electron chi connectivity index (χ0n) is 12.0. The number of aryl methyl sites for hydroxylation is 1. The molecule has 0 fully saturated rings. The number of nitrogens with two attached hydrogens (primary N) is 1. The van der Waals surface area contributed by atoms with Crippen LogP contribution >= 0.6 is 11.3 Å². The van der Waals surface area contributed by atoms with Crippen molar-refractivity contribution in [1.29, 1.82) is 0 Å². The van der Waals surface area contributed by atoms with Crippen LogP contribution in [0.5, 0.6) is 5.75 Å². The second-order valence-electron chi connectivity index (χ2n) is 4.47. The van der Waals surface area contributed by atoms with Gasteiger partial charge in [0.25, 0.3) is 0 Å². The van der Waals surface area contributed by atoms with E-state index in [0.717, 1.165) is 28.6 Å². The normalized spacial score (nSPS) is 10.4. The van der Waals surface area contributed by atoms with E-state index in [2.05, 4.69) is 17.2 Å². The molecule has 112 valence electrons. The Morgan fingerprint density at radius 1 is 1.38 bits per heavy atom. The lowest BCUT2D eigenvalue weighted by Gasteiger charge is -2.07. The molecule has 6 heteroatoms. The van der Waals surface area contributed by atoms with Gasteiger partial charge in [0, 0.05) is 17.6 Å². The molecule has 3 N–H and O–H groups in total. The Labute approximate surface area is 128 Å². The number of rotatable bonds is 7. The van der Waals surface area contributed by atoms with Gasteiger partial charge in [-0.25, -0.2) is 4.98 Å². The summed E-state index contributed by atoms with van der Waals surface area (Å²) in [4.78, 5) is 16.3. The maximum atomic E-state index is 11.9. The second-order valence-corrected chi connectivity index (χ2v) is 5.42. The Bertz CT molecular complexity index is 581. The van der Waals surface area contributed by atoms with Crippen LogP contribution in [0.4, 0.5) is 5.69 Å². The molecule has 0 aliphatic rings. The molecule has 0 aliphatic heterocycles. The van der Waals surface area contributed by atoms with Crippen molar-refractivity contribution in [3.63, 3.8) is 0 Å². The van der Waals surface area contributed by atoms with E-state index in [4.69, 9.17) is 10.5 Å². The molecule has 21 heavy (non-hydrogen) atoms. The molecule has 0 saturated heterocycles. The minimum absolute atomic E-state index is 0.0708. The fourth-order valence-electron chi connectivity index (χ4n) is 1.77. The molecule has 0 radical (unpaired) electrons. The fourth-order valence-corrected chi connectivity index (χ4v) is 2.52. The van der Waals surface area contributed by atoms with E-state index >= 15 is 0 Å². The van der Waals surface area contributed by atoms with Gasteiger partial charge in [-0.1, -0.05) is 6.92 Å². The number of nitrogens with zero attached hydrogens (tertiary/aromatic N) is 1. The van der Waals surface area contributed by atoms with Crippen LogP contribution in [0, 0.1) is 0 Å². The van der Waals surface area contributed by atoms with E-state index in [1.165, 1.54) is 0 Å². The third kappa shape index (κ3) is 4.84. The highest BCUT2D eigenvalue weighted by molar-refractivity contribution is 7.09. The molecule has 5 nitrogen and oxygen atoms in total. The van der Waals surface area contributed by atoms with Gasteiger partial charge in [-0.05, 0) is 30.7 Å². The Hall–Kier alpha value is -1.92. The first-order chi connectivity index (χ1) is 10.2. The van der Waals surface area contributed by atoms with Gasteiger partial charge < -0.3 is 15.8 Å². The van der Waals surface area contributed by atoms with Gasteiger partial charge in [-0.3, -0.25) is 4.79 Å². The molecule has 0 bridgehead atoms. The van der Waals surface area contributed by atoms with Crippen LogP contribution in [-0.2, 0) is 17.6 Å². The van der Waals surface area contributed by atoms with Crippen molar-refractivity contribution in [2.75, 3.05) is 18.5 Å². The maximum Gasteiger partial charge on any atom is 0.230 e. The summed E-state index contributed by atoms with van der Waals surface area (Å²) in [6, 6.07) is 7.23. The summed E-state index contributed by atoms with van der Waals surface area (Å²) in [6.45, 7) is 3.01. The molecule has 1 heterocycles. The number of anilines is 1. The van der Waals surface area contributed by atoms with Crippen molar-refractivity contribution in [2.24, 2.45) is 5.73 Å². The molecule has 0 spiro atoms. The highest BCUT2D eigenvalue weighted by Gasteiger charge is 2.07. The molecular weight excluding hydrogens is 286 g/mol. The number of amides is 1. The fraction of sp³-hybridized carbons (Fsp3) is 0.333. The quantitative estimate of drug-likeness (QED) is 0.822. The first kappa shape index (κ1) is 15.5. The zero-order valence-corrected chi connectivity index (χ0v) is 12.8. The number of hydrogen-bond acceptors (Lipinski definition) is 5. The van der Waals surface area contributed by atoms with Crippen molar-refractivity contribution < 1.29 is 9.53 Å². The summed E-state index contributed by atoms with van der Waals surface area (Å²) in [7, 11) is 0. The molecule has 2 aromatic rings. The summed E-state index contributed by atoms with van der Waals surface area (Å²) in [6.07, 6.45) is 1.19. The van der Waals surface area contributed by atoms with Crippen LogP contribution < -0.4 is 15.8 Å². The van der Waals surface area contributed by atoms with Gasteiger partial charge in [0.1, 0.15) is 12.4 Å². The molecule has 0 atom stereocenters. The third-order valence-electron chi connectivity index (χ3n) is 2.77. The number of thiazole rings is 1. The second kappa shape index (κ2) is 7.75. The lowest BCUT2D eigenvalue weighted by Crippen LogP contribution is -2.14. The minimum atomic E-state index is -0.0708. The third-order valence-corrected chi connectivity index (χ3v) is 3.81. The van der Waals surface area contributed by atoms with E-state index < -0.39 is 0 Å². The molecular formula is C15H19N3O2S. The van der Waals surface area contributed by atoms with Crippen molar-refractivity contribution in [1.82, 2.24) is 4.98 Å². The van der Waals surface area contributed by atoms with Gasteiger partial charge >= 0.3 is 0 Å². The average Bonchev–Trinajstić information content (AvgIpc) is 2.94. The number of carbonyl (C=O) groups excluding carboxylic acids is 1. The molecule has 1 aromatic heterocycles. The summed E-state index contributed by atoms with van der Waals surface area (Å²) in [5.41, 5.74) is 6.93. The number of ether oxygens (including phenoxy) is 1. The SMILES string of the molecule is CCc1nc(CC(=O)Nc2ccc(OCCN)cc2)cs1. The lowest BCUT2D eigenvalue weighted by molar-refractivity contribution is -0.115. The monoisotopic (exact) mass is 305 g/mol. The van der Waals surface area contributed by atoms with E-state index in [1.54, 1.807) is 11.3 Å². The molecule has 1 aromatic carbocycles. The number of aromatic nitrogens is 1. The number of nitrogens with one attached hydrogen (secondary N) is 1. The van der Waals surface area contributed by atoms with E-state index in [1.807, 2.05) is 29.6 Å². The van der Waals surface area contributed by atoms with E-state index in [9.17, 15) is 4.79 Å². The Kier molecular flexibility index (Phi) is 5.71. The van der Waals surface area contributed by atoms with E-state index in [-0.39, 0.29) is 5.91 Å². The van der Waals surface area contributed by atoms with Gasteiger partial charge in [-0.15, -0.1) is 11.3 Å². The van der Waals surface area contributed by atoms with Crippen molar-refractivity contribution in [3.05, 3.63) is 40.3 Å². The summed E-state index contributed by atoms with van der Waals surface area (Å²) in [5.74, 6) is 0.670. The van der Waals surface area contributed by atoms with Crippen LogP contribution in [0.1, 0.15) is 17.6 Å². The predicted molar refractivity (Wildman–Crippen MR) is 84.8 cm³/mol. The molecule has 0 saturated carbocycles. The van der Waals surface area contributed by atoms with Crippen LogP contribution in [0.25, 0.3) is 0 Å². The Morgan fingerprint density at radius 3 is 2.76 bits per heavy atom. The zero-order chi connectivity index (χ0) is 15.1. The van der Waals surface area contributed by atoms with Gasteiger partial charge in [-0.2, -0.15) is 0 Å².